The number of hydrogen-bond acceptors (Lipinski definition) is 6. The normalized spacial score (nSPS) is 19.9. The van der Waals surface area contributed by atoms with E-state index in [9.17, 15) is 14.9 Å². The van der Waals surface area contributed by atoms with E-state index < -0.39 is 4.92 Å². The van der Waals surface area contributed by atoms with Crippen molar-refractivity contribution in [2.45, 2.75) is 0 Å². The molecule has 8 heteroatoms. The van der Waals surface area contributed by atoms with Crippen LogP contribution in [-0.4, -0.2) is 23.0 Å². The molecule has 1 aliphatic heterocycles. The van der Waals surface area contributed by atoms with Gasteiger partial charge in [0.1, 0.15) is 10.7 Å². The molecule has 2 heterocycles. The van der Waals surface area contributed by atoms with E-state index in [-0.39, 0.29) is 17.6 Å². The Labute approximate surface area is 99.7 Å². The van der Waals surface area contributed by atoms with Gasteiger partial charge in [0.15, 0.2) is 5.17 Å². The van der Waals surface area contributed by atoms with Gasteiger partial charge >= 0.3 is 5.88 Å². The van der Waals surface area contributed by atoms with E-state index in [2.05, 4.69) is 10.3 Å². The third kappa shape index (κ3) is 2.36. The van der Waals surface area contributed by atoms with E-state index in [0.29, 0.717) is 10.1 Å². The molecule has 0 radical (unpaired) electrons. The fourth-order valence-corrected chi connectivity index (χ4v) is 1.94. The Kier molecular flexibility index (Phi) is 2.96. The van der Waals surface area contributed by atoms with Gasteiger partial charge in [0.25, 0.3) is 5.91 Å². The zero-order valence-electron chi connectivity index (χ0n) is 8.67. The molecule has 1 aromatic rings. The summed E-state index contributed by atoms with van der Waals surface area (Å²) in [5, 5.41) is 13.4. The predicted molar refractivity (Wildman–Crippen MR) is 62.4 cm³/mol. The van der Waals surface area contributed by atoms with Crippen LogP contribution in [0.4, 0.5) is 5.88 Å². The molecule has 0 saturated carbocycles. The maximum atomic E-state index is 11.4. The number of amidine groups is 1. The van der Waals surface area contributed by atoms with Crippen molar-refractivity contribution in [3.63, 3.8) is 0 Å². The van der Waals surface area contributed by atoms with Crippen LogP contribution in [0.15, 0.2) is 26.4 Å². The molecular formula is C9H7N3O4S. The molecular weight excluding hydrogens is 246 g/mol. The first-order valence-corrected chi connectivity index (χ1v) is 5.33. The van der Waals surface area contributed by atoms with Crippen molar-refractivity contribution in [1.29, 1.82) is 0 Å². The van der Waals surface area contributed by atoms with Gasteiger partial charge in [-0.25, -0.2) is 0 Å². The van der Waals surface area contributed by atoms with Gasteiger partial charge in [0.2, 0.25) is 0 Å². The minimum atomic E-state index is -0.636. The lowest BCUT2D eigenvalue weighted by Gasteiger charge is -1.88. The Morgan fingerprint density at radius 2 is 2.35 bits per heavy atom. The highest BCUT2D eigenvalue weighted by Gasteiger charge is 2.24. The smallest absolute Gasteiger partial charge is 0.401 e. The Morgan fingerprint density at radius 1 is 1.59 bits per heavy atom. The van der Waals surface area contributed by atoms with Crippen LogP contribution < -0.4 is 5.32 Å². The number of furan rings is 1. The van der Waals surface area contributed by atoms with Crippen LogP contribution in [0, 0.1) is 10.1 Å². The molecule has 0 atom stereocenters. The van der Waals surface area contributed by atoms with Gasteiger partial charge in [-0.1, -0.05) is 0 Å². The van der Waals surface area contributed by atoms with E-state index in [1.54, 1.807) is 7.05 Å². The van der Waals surface area contributed by atoms with E-state index in [1.807, 2.05) is 0 Å². The largest absolute Gasteiger partial charge is 0.433 e. The molecule has 2 rings (SSSR count). The highest BCUT2D eigenvalue weighted by atomic mass is 32.2. The zero-order chi connectivity index (χ0) is 12.4. The van der Waals surface area contributed by atoms with Gasteiger partial charge in [0, 0.05) is 13.1 Å². The summed E-state index contributed by atoms with van der Waals surface area (Å²) in [5.74, 6) is -0.397. The summed E-state index contributed by atoms with van der Waals surface area (Å²) in [5.41, 5.74) is 0. The van der Waals surface area contributed by atoms with Gasteiger partial charge in [0.05, 0.1) is 11.0 Å². The van der Waals surface area contributed by atoms with Crippen molar-refractivity contribution in [3.05, 3.63) is 32.9 Å². The summed E-state index contributed by atoms with van der Waals surface area (Å²) in [6.07, 6.45) is 1.44. The SMILES string of the molecule is CN=C1NC(=O)/C(=C\c2ccc([N+](=O)[O-])o2)S1. The van der Waals surface area contributed by atoms with Gasteiger partial charge in [-0.05, 0) is 17.8 Å². The second-order valence-corrected chi connectivity index (χ2v) is 4.06. The molecule has 17 heavy (non-hydrogen) atoms. The fourth-order valence-electron chi connectivity index (χ4n) is 1.18. The monoisotopic (exact) mass is 253 g/mol. The number of nitrogens with one attached hydrogen (secondary N) is 1. The van der Waals surface area contributed by atoms with Crippen LogP contribution in [-0.2, 0) is 4.79 Å². The van der Waals surface area contributed by atoms with Gasteiger partial charge in [-0.2, -0.15) is 0 Å². The average molecular weight is 253 g/mol. The first-order chi connectivity index (χ1) is 8.10. The number of carbonyl (C=O) groups is 1. The third-order valence-corrected chi connectivity index (χ3v) is 2.92. The fraction of sp³-hybridized carbons (Fsp3) is 0.111. The molecule has 88 valence electrons. The summed E-state index contributed by atoms with van der Waals surface area (Å²) in [6, 6.07) is 2.67. The maximum Gasteiger partial charge on any atom is 0.433 e. The first-order valence-electron chi connectivity index (χ1n) is 4.52. The highest BCUT2D eigenvalue weighted by molar-refractivity contribution is 8.18. The van der Waals surface area contributed by atoms with Crippen LogP contribution in [0.3, 0.4) is 0 Å². The van der Waals surface area contributed by atoms with Crippen molar-refractivity contribution in [2.75, 3.05) is 7.05 Å². The molecule has 0 aromatic carbocycles. The number of nitrogens with zero attached hydrogens (tertiary/aromatic N) is 2. The van der Waals surface area contributed by atoms with Crippen molar-refractivity contribution in [2.24, 2.45) is 4.99 Å². The molecule has 0 spiro atoms. The van der Waals surface area contributed by atoms with Gasteiger partial charge in [-0.3, -0.25) is 19.9 Å². The van der Waals surface area contributed by atoms with E-state index in [1.165, 1.54) is 18.2 Å². The lowest BCUT2D eigenvalue weighted by Crippen LogP contribution is -2.19. The molecule has 1 N–H and O–H groups in total. The summed E-state index contributed by atoms with van der Waals surface area (Å²) in [6.45, 7) is 0. The molecule has 1 saturated heterocycles. The minimum Gasteiger partial charge on any atom is -0.401 e. The summed E-state index contributed by atoms with van der Waals surface area (Å²) >= 11 is 1.15. The topological polar surface area (TPSA) is 97.7 Å². The van der Waals surface area contributed by atoms with Crippen LogP contribution in [0.2, 0.25) is 0 Å². The number of thioether (sulfide) groups is 1. The van der Waals surface area contributed by atoms with Crippen LogP contribution in [0.5, 0.6) is 0 Å². The van der Waals surface area contributed by atoms with Crippen molar-refractivity contribution >= 4 is 34.8 Å². The van der Waals surface area contributed by atoms with Crippen molar-refractivity contribution in [3.8, 4) is 0 Å². The molecule has 1 aromatic heterocycles. The number of aliphatic imine (C=N–C) groups is 1. The van der Waals surface area contributed by atoms with Crippen LogP contribution in [0.1, 0.15) is 5.76 Å². The lowest BCUT2D eigenvalue weighted by atomic mass is 10.4. The molecule has 1 fully saturated rings. The van der Waals surface area contributed by atoms with E-state index in [0.717, 1.165) is 11.8 Å². The standard InChI is InChI=1S/C9H7N3O4S/c1-10-9-11-8(13)6(17-9)4-5-2-3-7(16-5)12(14)15/h2-4H,1H3,(H,10,11,13)/b6-4+. The summed E-state index contributed by atoms with van der Waals surface area (Å²) in [4.78, 5) is 25.4. The number of carbonyl (C=O) groups excluding carboxylic acids is 1. The minimum absolute atomic E-state index is 0.256. The highest BCUT2D eigenvalue weighted by Crippen LogP contribution is 2.27. The predicted octanol–water partition coefficient (Wildman–Crippen LogP) is 1.38. The first kappa shape index (κ1) is 11.4. The second-order valence-electron chi connectivity index (χ2n) is 3.03. The van der Waals surface area contributed by atoms with Gasteiger partial charge in [-0.15, -0.1) is 0 Å². The summed E-state index contributed by atoms with van der Waals surface area (Å²) in [7, 11) is 1.56. The van der Waals surface area contributed by atoms with E-state index in [4.69, 9.17) is 4.42 Å². The van der Waals surface area contributed by atoms with Crippen LogP contribution in [0.25, 0.3) is 6.08 Å². The number of nitro groups is 1. The Hall–Kier alpha value is -2.09. The number of amides is 1. The Morgan fingerprint density at radius 3 is 2.88 bits per heavy atom. The molecule has 0 bridgehead atoms. The lowest BCUT2D eigenvalue weighted by molar-refractivity contribution is -0.402. The number of hydrogen-bond donors (Lipinski definition) is 1. The zero-order valence-corrected chi connectivity index (χ0v) is 9.48. The maximum absolute atomic E-state index is 11.4. The van der Waals surface area contributed by atoms with Gasteiger partial charge < -0.3 is 9.73 Å². The summed E-state index contributed by atoms with van der Waals surface area (Å²) < 4.78 is 4.92. The third-order valence-electron chi connectivity index (χ3n) is 1.92. The van der Waals surface area contributed by atoms with Crippen LogP contribution >= 0.6 is 11.8 Å². The Balaban J connectivity index is 2.24. The Bertz CT molecular complexity index is 546. The molecule has 1 aliphatic rings. The van der Waals surface area contributed by atoms with E-state index >= 15 is 0 Å². The molecule has 0 unspecified atom stereocenters. The quantitative estimate of drug-likeness (QED) is 0.487. The second kappa shape index (κ2) is 4.42. The average Bonchev–Trinajstić information content (AvgIpc) is 2.87. The number of rotatable bonds is 2. The van der Waals surface area contributed by atoms with Crippen molar-refractivity contribution < 1.29 is 14.1 Å². The van der Waals surface area contributed by atoms with Crippen molar-refractivity contribution in [1.82, 2.24) is 5.32 Å². The molecule has 1 amide bonds. The molecule has 0 aliphatic carbocycles. The molecule has 7 nitrogen and oxygen atoms in total.